The Hall–Kier alpha value is -7.77. The molecule has 10 aromatic carbocycles. The molecule has 0 radical (unpaired) electrons. The number of fused-ring (bicyclic) bond motifs is 9. The van der Waals surface area contributed by atoms with Crippen molar-refractivity contribution >= 4 is 74.7 Å². The minimum absolute atomic E-state index is 0.930. The third kappa shape index (κ3) is 5.84. The van der Waals surface area contributed by atoms with E-state index in [0.717, 1.165) is 28.6 Å². The second-order valence-electron chi connectivity index (χ2n) is 16.8. The number of anilines is 3. The van der Waals surface area contributed by atoms with Crippen LogP contribution in [0.25, 0.3) is 22.3 Å². The Bertz CT molecular complexity index is 3140. The van der Waals surface area contributed by atoms with Crippen LogP contribution in [0.15, 0.2) is 261 Å². The zero-order valence-electron chi connectivity index (χ0n) is 35.2. The summed E-state index contributed by atoms with van der Waals surface area (Å²) in [5.74, 6) is 1.88. The SMILES string of the molecule is c1ccc(-c2ccc(N(c3ccc([Si](c4ccccc4)(c4ccccc4)c4ccccc4)cc3)c3ccc4c(c3)[Si]3(c5ccccc5O4)c4ccccc4-c4ccccc43)cc2)cc1. The zero-order valence-corrected chi connectivity index (χ0v) is 37.2. The molecule has 0 aromatic heterocycles. The van der Waals surface area contributed by atoms with Crippen LogP contribution in [0.2, 0.25) is 0 Å². The summed E-state index contributed by atoms with van der Waals surface area (Å²) in [7, 11) is -5.56. The van der Waals surface area contributed by atoms with Gasteiger partial charge < -0.3 is 9.64 Å². The van der Waals surface area contributed by atoms with Crippen molar-refractivity contribution in [2.24, 2.45) is 0 Å². The van der Waals surface area contributed by atoms with E-state index in [1.54, 1.807) is 0 Å². The van der Waals surface area contributed by atoms with Crippen molar-refractivity contribution in [3.63, 3.8) is 0 Å². The number of hydrogen-bond donors (Lipinski definition) is 0. The van der Waals surface area contributed by atoms with Gasteiger partial charge in [0, 0.05) is 17.1 Å². The minimum atomic E-state index is -2.83. The van der Waals surface area contributed by atoms with Crippen molar-refractivity contribution in [2.75, 3.05) is 4.90 Å². The van der Waals surface area contributed by atoms with Gasteiger partial charge in [-0.15, -0.1) is 0 Å². The van der Waals surface area contributed by atoms with Gasteiger partial charge in [0.25, 0.3) is 0 Å². The first-order valence-electron chi connectivity index (χ1n) is 22.1. The molecule has 0 fully saturated rings. The van der Waals surface area contributed by atoms with Crippen molar-refractivity contribution in [3.8, 4) is 33.8 Å². The molecule has 64 heavy (non-hydrogen) atoms. The van der Waals surface area contributed by atoms with Gasteiger partial charge in [-0.25, -0.2) is 0 Å². The van der Waals surface area contributed by atoms with Crippen LogP contribution in [-0.2, 0) is 0 Å². The average Bonchev–Trinajstić information content (AvgIpc) is 3.67. The van der Waals surface area contributed by atoms with Crippen molar-refractivity contribution in [1.82, 2.24) is 0 Å². The smallest absolute Gasteiger partial charge is 0.189 e. The fourth-order valence-electron chi connectivity index (χ4n) is 10.8. The van der Waals surface area contributed by atoms with Crippen molar-refractivity contribution in [3.05, 3.63) is 261 Å². The molecule has 0 saturated carbocycles. The second kappa shape index (κ2) is 15.5. The van der Waals surface area contributed by atoms with E-state index >= 15 is 0 Å². The summed E-state index contributed by atoms with van der Waals surface area (Å²) in [6.07, 6.45) is 0. The van der Waals surface area contributed by atoms with Gasteiger partial charge in [0.15, 0.2) is 16.1 Å². The molecule has 2 aliphatic rings. The number of rotatable bonds is 8. The molecule has 0 amide bonds. The standard InChI is InChI=1S/C60H43NOSi2/c1-5-19-44(20-6-1)45-33-35-46(36-34-45)61(47-37-40-52(41-38-47)63(49-21-7-2-8-22-49,50-23-9-3-10-24-50)51-25-11-4-12-26-51)48-39-42-56-60(43-48)64(59-32-18-15-29-55(59)62-56)57-30-16-13-27-53(57)54-28-14-17-31-58(54)64/h1-43H. The van der Waals surface area contributed by atoms with Gasteiger partial charge in [0.2, 0.25) is 0 Å². The molecule has 0 N–H and O–H groups in total. The molecule has 0 unspecified atom stereocenters. The molecule has 0 atom stereocenters. The molecule has 0 aliphatic carbocycles. The largest absolute Gasteiger partial charge is 0.458 e. The summed E-state index contributed by atoms with van der Waals surface area (Å²) in [5, 5.41) is 10.8. The van der Waals surface area contributed by atoms with Crippen LogP contribution in [0.3, 0.4) is 0 Å². The highest BCUT2D eigenvalue weighted by molar-refractivity contribution is 7.23. The number of nitrogens with zero attached hydrogens (tertiary/aromatic N) is 1. The number of para-hydroxylation sites is 1. The zero-order chi connectivity index (χ0) is 42.5. The van der Waals surface area contributed by atoms with Crippen LogP contribution in [0.4, 0.5) is 17.1 Å². The van der Waals surface area contributed by atoms with Gasteiger partial charge in [-0.1, -0.05) is 212 Å². The third-order valence-electron chi connectivity index (χ3n) is 13.5. The lowest BCUT2D eigenvalue weighted by Gasteiger charge is -2.38. The highest BCUT2D eigenvalue weighted by atomic mass is 28.3. The van der Waals surface area contributed by atoms with Crippen LogP contribution in [-0.4, -0.2) is 16.1 Å². The summed E-state index contributed by atoms with van der Waals surface area (Å²) in [6.45, 7) is 0. The monoisotopic (exact) mass is 849 g/mol. The molecular weight excluding hydrogens is 807 g/mol. The Balaban J connectivity index is 1.08. The van der Waals surface area contributed by atoms with Gasteiger partial charge in [0.05, 0.1) is 0 Å². The maximum Gasteiger partial charge on any atom is 0.189 e. The molecule has 10 aromatic rings. The topological polar surface area (TPSA) is 12.5 Å². The first kappa shape index (κ1) is 38.0. The number of benzene rings is 10. The Morgan fingerprint density at radius 2 is 0.688 bits per heavy atom. The lowest BCUT2D eigenvalue weighted by molar-refractivity contribution is 0.487. The first-order valence-corrected chi connectivity index (χ1v) is 26.1. The summed E-state index contributed by atoms with van der Waals surface area (Å²) >= 11 is 0. The molecule has 2 aliphatic heterocycles. The van der Waals surface area contributed by atoms with Crippen molar-refractivity contribution in [1.29, 1.82) is 0 Å². The van der Waals surface area contributed by atoms with Crippen LogP contribution in [0.1, 0.15) is 0 Å². The highest BCUT2D eigenvalue weighted by Crippen LogP contribution is 2.40. The van der Waals surface area contributed by atoms with Gasteiger partial charge in [-0.3, -0.25) is 0 Å². The second-order valence-corrected chi connectivity index (χ2v) is 24.2. The quantitative estimate of drug-likeness (QED) is 0.112. The van der Waals surface area contributed by atoms with Crippen LogP contribution >= 0.6 is 0 Å². The Morgan fingerprint density at radius 3 is 1.23 bits per heavy atom. The molecule has 0 saturated heterocycles. The summed E-state index contributed by atoms with van der Waals surface area (Å²) < 4.78 is 6.91. The lowest BCUT2D eigenvalue weighted by Crippen LogP contribution is -2.74. The van der Waals surface area contributed by atoms with E-state index in [0.29, 0.717) is 0 Å². The summed E-state index contributed by atoms with van der Waals surface area (Å²) in [4.78, 5) is 2.44. The predicted molar refractivity (Wildman–Crippen MR) is 273 cm³/mol. The molecular formula is C60H43NOSi2. The summed E-state index contributed by atoms with van der Waals surface area (Å²) in [5.41, 5.74) is 8.30. The van der Waals surface area contributed by atoms with E-state index in [-0.39, 0.29) is 0 Å². The van der Waals surface area contributed by atoms with Crippen LogP contribution < -0.4 is 51.1 Å². The van der Waals surface area contributed by atoms with Gasteiger partial charge >= 0.3 is 0 Å². The molecule has 12 rings (SSSR count). The van der Waals surface area contributed by atoms with Crippen LogP contribution in [0.5, 0.6) is 11.5 Å². The van der Waals surface area contributed by atoms with E-state index < -0.39 is 16.1 Å². The fraction of sp³-hybridized carbons (Fsp3) is 0. The Morgan fingerprint density at radius 1 is 0.297 bits per heavy atom. The van der Waals surface area contributed by atoms with Gasteiger partial charge in [-0.2, -0.15) is 0 Å². The number of hydrogen-bond acceptors (Lipinski definition) is 2. The third-order valence-corrected chi connectivity index (χ3v) is 23.2. The Kier molecular flexibility index (Phi) is 9.22. The average molecular weight is 850 g/mol. The van der Waals surface area contributed by atoms with Gasteiger partial charge in [0.1, 0.15) is 11.5 Å². The summed E-state index contributed by atoms with van der Waals surface area (Å²) in [6, 6.07) is 96.5. The molecule has 1 spiro atoms. The Labute approximate surface area is 377 Å². The van der Waals surface area contributed by atoms with E-state index in [1.807, 2.05) is 0 Å². The molecule has 0 bridgehead atoms. The van der Waals surface area contributed by atoms with E-state index in [2.05, 4.69) is 266 Å². The molecule has 4 heteroatoms. The fourth-order valence-corrected chi connectivity index (χ4v) is 20.9. The van der Waals surface area contributed by atoms with Crippen molar-refractivity contribution in [2.45, 2.75) is 0 Å². The number of ether oxygens (including phenoxy) is 1. The highest BCUT2D eigenvalue weighted by Gasteiger charge is 2.53. The minimum Gasteiger partial charge on any atom is -0.458 e. The lowest BCUT2D eigenvalue weighted by atomic mass is 10.0. The van der Waals surface area contributed by atoms with E-state index in [1.165, 1.54) is 63.7 Å². The predicted octanol–water partition coefficient (Wildman–Crippen LogP) is 9.66. The first-order chi connectivity index (χ1) is 31.7. The maximum absolute atomic E-state index is 6.91. The van der Waals surface area contributed by atoms with Crippen molar-refractivity contribution < 1.29 is 4.74 Å². The maximum atomic E-state index is 6.91. The van der Waals surface area contributed by atoms with E-state index in [9.17, 15) is 0 Å². The molecule has 2 nitrogen and oxygen atoms in total. The normalized spacial score (nSPS) is 12.9. The molecule has 302 valence electrons. The van der Waals surface area contributed by atoms with Crippen LogP contribution in [0, 0.1) is 0 Å². The van der Waals surface area contributed by atoms with E-state index in [4.69, 9.17) is 4.74 Å². The molecule has 2 heterocycles. The van der Waals surface area contributed by atoms with Gasteiger partial charge in [-0.05, 0) is 112 Å².